The van der Waals surface area contributed by atoms with E-state index in [9.17, 15) is 4.79 Å². The van der Waals surface area contributed by atoms with E-state index < -0.39 is 10.4 Å². The molecular formula is C19H20N4O7S. The molecule has 11 nitrogen and oxygen atoms in total. The van der Waals surface area contributed by atoms with Crippen LogP contribution in [-0.2, 0) is 10.4 Å². The van der Waals surface area contributed by atoms with Gasteiger partial charge < -0.3 is 8.83 Å². The van der Waals surface area contributed by atoms with E-state index in [0.717, 1.165) is 11.4 Å². The molecule has 4 N–H and O–H groups in total. The molecule has 164 valence electrons. The molecule has 12 heteroatoms. The first kappa shape index (κ1) is 23.5. The SMILES string of the molecule is C/C(=N\NC(=O)c1ccc(N/N=C(\C)c2ccco2)cc1)c1ccco1.O=S(=O)(O)O. The molecule has 0 aliphatic rings. The Labute approximate surface area is 178 Å². The van der Waals surface area contributed by atoms with E-state index >= 15 is 0 Å². The van der Waals surface area contributed by atoms with Crippen molar-refractivity contribution in [3.05, 3.63) is 78.1 Å². The van der Waals surface area contributed by atoms with Crippen LogP contribution in [0.25, 0.3) is 0 Å². The van der Waals surface area contributed by atoms with E-state index in [1.54, 1.807) is 61.9 Å². The minimum atomic E-state index is -4.67. The Morgan fingerprint density at radius 1 is 0.871 bits per heavy atom. The van der Waals surface area contributed by atoms with Gasteiger partial charge in [0, 0.05) is 5.56 Å². The van der Waals surface area contributed by atoms with Crippen LogP contribution in [0.15, 0.2) is 80.1 Å². The summed E-state index contributed by atoms with van der Waals surface area (Å²) in [7, 11) is -4.67. The van der Waals surface area contributed by atoms with Crippen molar-refractivity contribution < 1.29 is 31.2 Å². The Kier molecular flexibility index (Phi) is 8.25. The van der Waals surface area contributed by atoms with E-state index in [2.05, 4.69) is 21.1 Å². The molecule has 0 atom stereocenters. The number of nitrogens with one attached hydrogen (secondary N) is 2. The molecule has 0 unspecified atom stereocenters. The number of hydrazone groups is 2. The summed E-state index contributed by atoms with van der Waals surface area (Å²) in [5, 5.41) is 8.27. The van der Waals surface area contributed by atoms with Gasteiger partial charge in [0.05, 0.1) is 18.2 Å². The Morgan fingerprint density at radius 2 is 1.35 bits per heavy atom. The maximum absolute atomic E-state index is 12.1. The monoisotopic (exact) mass is 448 g/mol. The molecule has 0 saturated heterocycles. The highest BCUT2D eigenvalue weighted by molar-refractivity contribution is 7.79. The van der Waals surface area contributed by atoms with Crippen molar-refractivity contribution in [2.45, 2.75) is 13.8 Å². The van der Waals surface area contributed by atoms with Crippen LogP contribution in [0.3, 0.4) is 0 Å². The van der Waals surface area contributed by atoms with Gasteiger partial charge in [-0.05, 0) is 62.4 Å². The summed E-state index contributed by atoms with van der Waals surface area (Å²) in [6, 6.07) is 14.1. The molecule has 31 heavy (non-hydrogen) atoms. The van der Waals surface area contributed by atoms with E-state index in [1.807, 2.05) is 13.0 Å². The molecule has 0 bridgehead atoms. The highest BCUT2D eigenvalue weighted by atomic mass is 32.3. The maximum atomic E-state index is 12.1. The quantitative estimate of drug-likeness (QED) is 0.253. The summed E-state index contributed by atoms with van der Waals surface area (Å²) >= 11 is 0. The molecule has 0 aliphatic heterocycles. The van der Waals surface area contributed by atoms with Gasteiger partial charge in [0.2, 0.25) is 0 Å². The van der Waals surface area contributed by atoms with Crippen LogP contribution in [-0.4, -0.2) is 34.9 Å². The molecule has 2 heterocycles. The van der Waals surface area contributed by atoms with Gasteiger partial charge in [0.25, 0.3) is 5.91 Å². The molecule has 3 aromatic rings. The van der Waals surface area contributed by atoms with Gasteiger partial charge in [-0.3, -0.25) is 19.3 Å². The summed E-state index contributed by atoms with van der Waals surface area (Å²) in [6.45, 7) is 3.60. The molecule has 1 aromatic carbocycles. The van der Waals surface area contributed by atoms with E-state index in [1.165, 1.54) is 0 Å². The Balaban J connectivity index is 0.000000614. The van der Waals surface area contributed by atoms with Crippen LogP contribution in [0.4, 0.5) is 5.69 Å². The zero-order chi connectivity index (χ0) is 22.9. The zero-order valence-corrected chi connectivity index (χ0v) is 17.3. The fourth-order valence-corrected chi connectivity index (χ4v) is 2.12. The third-order valence-electron chi connectivity index (χ3n) is 3.58. The van der Waals surface area contributed by atoms with Gasteiger partial charge in [0.15, 0.2) is 0 Å². The molecule has 3 rings (SSSR count). The lowest BCUT2D eigenvalue weighted by Gasteiger charge is -2.04. The lowest BCUT2D eigenvalue weighted by molar-refractivity contribution is 0.0954. The van der Waals surface area contributed by atoms with Crippen molar-refractivity contribution in [3.63, 3.8) is 0 Å². The number of hydrogen-bond acceptors (Lipinski definition) is 8. The molecular weight excluding hydrogens is 428 g/mol. The lowest BCUT2D eigenvalue weighted by atomic mass is 10.2. The van der Waals surface area contributed by atoms with Gasteiger partial charge >= 0.3 is 10.4 Å². The molecule has 1 amide bonds. The Bertz CT molecular complexity index is 1130. The predicted octanol–water partition coefficient (Wildman–Crippen LogP) is 3.21. The summed E-state index contributed by atoms with van der Waals surface area (Å²) in [5.74, 6) is 0.991. The minimum absolute atomic E-state index is 0.308. The Hall–Kier alpha value is -3.74. The zero-order valence-electron chi connectivity index (χ0n) is 16.5. The average molecular weight is 448 g/mol. The summed E-state index contributed by atoms with van der Waals surface area (Å²) < 4.78 is 42.1. The van der Waals surface area contributed by atoms with Gasteiger partial charge in [-0.15, -0.1) is 0 Å². The van der Waals surface area contributed by atoms with Crippen LogP contribution in [0, 0.1) is 0 Å². The molecule has 0 saturated carbocycles. The number of furan rings is 2. The first-order chi connectivity index (χ1) is 14.6. The fraction of sp³-hybridized carbons (Fsp3) is 0.105. The average Bonchev–Trinajstić information content (AvgIpc) is 3.43. The number of hydrogen-bond donors (Lipinski definition) is 4. The molecule has 2 aromatic heterocycles. The summed E-state index contributed by atoms with van der Waals surface area (Å²) in [5.41, 5.74) is 7.97. The van der Waals surface area contributed by atoms with Gasteiger partial charge in [-0.25, -0.2) is 5.43 Å². The third-order valence-corrected chi connectivity index (χ3v) is 3.58. The van der Waals surface area contributed by atoms with Crippen molar-refractivity contribution in [2.75, 3.05) is 5.43 Å². The second kappa shape index (κ2) is 10.9. The highest BCUT2D eigenvalue weighted by Crippen LogP contribution is 2.11. The van der Waals surface area contributed by atoms with Crippen molar-refractivity contribution >= 4 is 33.4 Å². The number of carbonyl (C=O) groups is 1. The summed E-state index contributed by atoms with van der Waals surface area (Å²) in [6.07, 6.45) is 3.15. The first-order valence-electron chi connectivity index (χ1n) is 8.66. The van der Waals surface area contributed by atoms with Crippen molar-refractivity contribution in [2.24, 2.45) is 10.2 Å². The Morgan fingerprint density at radius 3 is 1.81 bits per heavy atom. The molecule has 0 spiro atoms. The topological polar surface area (TPSA) is 167 Å². The number of anilines is 1. The maximum Gasteiger partial charge on any atom is 0.394 e. The van der Waals surface area contributed by atoms with Crippen LogP contribution >= 0.6 is 0 Å². The highest BCUT2D eigenvalue weighted by Gasteiger charge is 2.06. The van der Waals surface area contributed by atoms with Gasteiger partial charge in [0.1, 0.15) is 22.9 Å². The van der Waals surface area contributed by atoms with E-state index in [-0.39, 0.29) is 5.91 Å². The van der Waals surface area contributed by atoms with Crippen molar-refractivity contribution in [3.8, 4) is 0 Å². The molecule has 0 aliphatic carbocycles. The smallest absolute Gasteiger partial charge is 0.394 e. The third kappa shape index (κ3) is 8.65. The number of carbonyl (C=O) groups excluding carboxylic acids is 1. The van der Waals surface area contributed by atoms with E-state index in [0.29, 0.717) is 22.8 Å². The molecule has 0 fully saturated rings. The standard InChI is InChI=1S/C19H18N4O3.H2O4S/c1-13(17-5-3-11-25-17)20-22-16-9-7-15(8-10-16)19(24)23-21-14(2)18-6-4-12-26-18;1-5(2,3)4/h3-12,22H,1-2H3,(H,23,24);(H2,1,2,3,4)/b20-13+,21-14+;. The fourth-order valence-electron chi connectivity index (χ4n) is 2.12. The second-order valence-electron chi connectivity index (χ2n) is 5.93. The normalized spacial score (nSPS) is 12.0. The number of rotatable bonds is 6. The lowest BCUT2D eigenvalue weighted by Crippen LogP contribution is -2.19. The first-order valence-corrected chi connectivity index (χ1v) is 10.1. The summed E-state index contributed by atoms with van der Waals surface area (Å²) in [4.78, 5) is 12.1. The van der Waals surface area contributed by atoms with Crippen LogP contribution in [0.5, 0.6) is 0 Å². The second-order valence-corrected chi connectivity index (χ2v) is 6.82. The van der Waals surface area contributed by atoms with E-state index in [4.69, 9.17) is 26.4 Å². The predicted molar refractivity (Wildman–Crippen MR) is 114 cm³/mol. The molecule has 0 radical (unpaired) electrons. The number of benzene rings is 1. The van der Waals surface area contributed by atoms with Gasteiger partial charge in [-0.2, -0.15) is 18.6 Å². The number of amides is 1. The van der Waals surface area contributed by atoms with Gasteiger partial charge in [-0.1, -0.05) is 0 Å². The number of nitrogens with zero attached hydrogens (tertiary/aromatic N) is 2. The van der Waals surface area contributed by atoms with Crippen LogP contribution < -0.4 is 10.9 Å². The minimum Gasteiger partial charge on any atom is -0.463 e. The van der Waals surface area contributed by atoms with Crippen LogP contribution in [0.1, 0.15) is 35.7 Å². The largest absolute Gasteiger partial charge is 0.463 e. The van der Waals surface area contributed by atoms with Crippen molar-refractivity contribution in [1.29, 1.82) is 0 Å². The van der Waals surface area contributed by atoms with Crippen molar-refractivity contribution in [1.82, 2.24) is 5.43 Å². The van der Waals surface area contributed by atoms with Crippen LogP contribution in [0.2, 0.25) is 0 Å².